The third-order valence-corrected chi connectivity index (χ3v) is 5.31. The molecule has 2 heterocycles. The van der Waals surface area contributed by atoms with Gasteiger partial charge < -0.3 is 29.7 Å². The van der Waals surface area contributed by atoms with Crippen LogP contribution in [-0.2, 0) is 9.47 Å². The average molecular weight is 444 g/mol. The van der Waals surface area contributed by atoms with Gasteiger partial charge in [0.05, 0.1) is 44.8 Å². The van der Waals surface area contributed by atoms with Crippen molar-refractivity contribution in [3.8, 4) is 5.75 Å². The lowest BCUT2D eigenvalue weighted by molar-refractivity contribution is 0.122. The number of hydrogen-bond donors (Lipinski definition) is 2. The Labute approximate surface area is 185 Å². The number of rotatable bonds is 6. The quantitative estimate of drug-likeness (QED) is 0.712. The van der Waals surface area contributed by atoms with Gasteiger partial charge in [0.1, 0.15) is 17.7 Å². The second-order valence-corrected chi connectivity index (χ2v) is 7.42. The van der Waals surface area contributed by atoms with E-state index < -0.39 is 24.0 Å². The van der Waals surface area contributed by atoms with E-state index in [1.807, 2.05) is 4.90 Å². The molecule has 170 valence electrons. The molecule has 0 saturated carbocycles. The van der Waals surface area contributed by atoms with E-state index >= 15 is 0 Å². The summed E-state index contributed by atoms with van der Waals surface area (Å²) in [7, 11) is 1.56. The van der Waals surface area contributed by atoms with E-state index in [4.69, 9.17) is 14.2 Å². The molecule has 4 rings (SSSR count). The first kappa shape index (κ1) is 21.7. The molecule has 10 heteroatoms. The zero-order chi connectivity index (χ0) is 22.5. The van der Waals surface area contributed by atoms with E-state index in [0.717, 1.165) is 0 Å². The van der Waals surface area contributed by atoms with Gasteiger partial charge in [0.25, 0.3) is 0 Å². The molecule has 0 aromatic heterocycles. The first-order chi connectivity index (χ1) is 15.5. The van der Waals surface area contributed by atoms with Crippen LogP contribution in [0.3, 0.4) is 0 Å². The molecular formula is C22H25FN4O5. The van der Waals surface area contributed by atoms with Crippen LogP contribution in [0.25, 0.3) is 0 Å². The minimum absolute atomic E-state index is 0.124. The monoisotopic (exact) mass is 444 g/mol. The van der Waals surface area contributed by atoms with Crippen molar-refractivity contribution in [3.05, 3.63) is 48.3 Å². The fraction of sp³-hybridized carbons (Fsp3) is 0.364. The summed E-state index contributed by atoms with van der Waals surface area (Å²) in [4.78, 5) is 27.7. The lowest BCUT2D eigenvalue weighted by Gasteiger charge is -2.29. The highest BCUT2D eigenvalue weighted by atomic mass is 19.1. The minimum atomic E-state index is -0.578. The summed E-state index contributed by atoms with van der Waals surface area (Å²) in [5.74, 6) is 0.279. The SMILES string of the molecule is COc1ccc(NC(=O)NC[C@H]2CN(c3ccc(N4CCOCC4)c(F)c3)C(=O)O2)cc1. The highest BCUT2D eigenvalue weighted by molar-refractivity contribution is 5.91. The van der Waals surface area contributed by atoms with Gasteiger partial charge in [-0.3, -0.25) is 4.90 Å². The summed E-state index contributed by atoms with van der Waals surface area (Å²) in [5, 5.41) is 5.37. The summed E-state index contributed by atoms with van der Waals surface area (Å²) < 4.78 is 30.4. The zero-order valence-electron chi connectivity index (χ0n) is 17.7. The summed E-state index contributed by atoms with van der Waals surface area (Å²) >= 11 is 0. The Morgan fingerprint density at radius 3 is 2.62 bits per heavy atom. The van der Waals surface area contributed by atoms with Gasteiger partial charge in [0.15, 0.2) is 0 Å². The summed E-state index contributed by atoms with van der Waals surface area (Å²) in [6.07, 6.45) is -1.13. The van der Waals surface area contributed by atoms with Crippen LogP contribution in [0, 0.1) is 5.82 Å². The lowest BCUT2D eigenvalue weighted by atomic mass is 10.2. The van der Waals surface area contributed by atoms with Gasteiger partial charge in [-0.2, -0.15) is 0 Å². The Balaban J connectivity index is 1.30. The number of hydrogen-bond acceptors (Lipinski definition) is 6. The van der Waals surface area contributed by atoms with Crippen LogP contribution in [0.4, 0.5) is 31.0 Å². The smallest absolute Gasteiger partial charge is 0.414 e. The van der Waals surface area contributed by atoms with E-state index in [2.05, 4.69) is 10.6 Å². The number of urea groups is 1. The number of amides is 3. The Bertz CT molecular complexity index is 965. The van der Waals surface area contributed by atoms with Gasteiger partial charge in [-0.05, 0) is 42.5 Å². The number of nitrogens with one attached hydrogen (secondary N) is 2. The van der Waals surface area contributed by atoms with Crippen molar-refractivity contribution in [2.24, 2.45) is 0 Å². The molecule has 32 heavy (non-hydrogen) atoms. The molecule has 2 aliphatic heterocycles. The van der Waals surface area contributed by atoms with Crippen LogP contribution in [0.2, 0.25) is 0 Å². The van der Waals surface area contributed by atoms with E-state index in [1.165, 1.54) is 11.0 Å². The summed E-state index contributed by atoms with van der Waals surface area (Å²) in [6, 6.07) is 11.2. The molecule has 0 unspecified atom stereocenters. The van der Waals surface area contributed by atoms with Crippen molar-refractivity contribution in [3.63, 3.8) is 0 Å². The first-order valence-corrected chi connectivity index (χ1v) is 10.3. The highest BCUT2D eigenvalue weighted by Crippen LogP contribution is 2.28. The van der Waals surface area contributed by atoms with Gasteiger partial charge in [0, 0.05) is 18.8 Å². The molecule has 2 aromatic rings. The van der Waals surface area contributed by atoms with Crippen LogP contribution in [0.1, 0.15) is 0 Å². The third kappa shape index (κ3) is 5.02. The van der Waals surface area contributed by atoms with Crippen LogP contribution >= 0.6 is 0 Å². The molecular weight excluding hydrogens is 419 g/mol. The molecule has 0 bridgehead atoms. The number of carbonyl (C=O) groups excluding carboxylic acids is 2. The van der Waals surface area contributed by atoms with Crippen LogP contribution in [-0.4, -0.2) is 64.7 Å². The molecule has 2 aliphatic rings. The maximum Gasteiger partial charge on any atom is 0.414 e. The molecule has 0 aliphatic carbocycles. The Morgan fingerprint density at radius 2 is 1.94 bits per heavy atom. The van der Waals surface area contributed by atoms with Crippen molar-refractivity contribution in [1.82, 2.24) is 5.32 Å². The largest absolute Gasteiger partial charge is 0.497 e. The first-order valence-electron chi connectivity index (χ1n) is 10.3. The molecule has 0 radical (unpaired) electrons. The van der Waals surface area contributed by atoms with E-state index in [9.17, 15) is 14.0 Å². The van der Waals surface area contributed by atoms with Crippen LogP contribution < -0.4 is 25.2 Å². The number of nitrogens with zero attached hydrogens (tertiary/aromatic N) is 2. The Kier molecular flexibility index (Phi) is 6.60. The predicted octanol–water partition coefficient (Wildman–Crippen LogP) is 2.82. The maximum atomic E-state index is 14.7. The number of morpholine rings is 1. The molecule has 9 nitrogen and oxygen atoms in total. The second kappa shape index (κ2) is 9.73. The van der Waals surface area contributed by atoms with Gasteiger partial charge in [-0.25, -0.2) is 14.0 Å². The predicted molar refractivity (Wildman–Crippen MR) is 117 cm³/mol. The average Bonchev–Trinajstić information content (AvgIpc) is 3.19. The van der Waals surface area contributed by atoms with E-state index in [1.54, 1.807) is 43.5 Å². The second-order valence-electron chi connectivity index (χ2n) is 7.42. The molecule has 2 N–H and O–H groups in total. The van der Waals surface area contributed by atoms with E-state index in [-0.39, 0.29) is 13.1 Å². The molecule has 0 spiro atoms. The molecule has 2 fully saturated rings. The number of ether oxygens (including phenoxy) is 3. The van der Waals surface area contributed by atoms with Crippen molar-refractivity contribution in [2.45, 2.75) is 6.10 Å². The minimum Gasteiger partial charge on any atom is -0.497 e. The van der Waals surface area contributed by atoms with Crippen molar-refractivity contribution >= 4 is 29.2 Å². The summed E-state index contributed by atoms with van der Waals surface area (Å²) in [6.45, 7) is 2.68. The van der Waals surface area contributed by atoms with Crippen molar-refractivity contribution in [2.75, 3.05) is 61.6 Å². The number of cyclic esters (lactones) is 1. The Hall–Kier alpha value is -3.53. The number of halogens is 1. The van der Waals surface area contributed by atoms with Crippen molar-refractivity contribution in [1.29, 1.82) is 0 Å². The van der Waals surface area contributed by atoms with Crippen molar-refractivity contribution < 1.29 is 28.2 Å². The van der Waals surface area contributed by atoms with Crippen LogP contribution in [0.15, 0.2) is 42.5 Å². The fourth-order valence-electron chi connectivity index (χ4n) is 3.62. The van der Waals surface area contributed by atoms with Gasteiger partial charge in [-0.15, -0.1) is 0 Å². The third-order valence-electron chi connectivity index (χ3n) is 5.31. The molecule has 1 atom stereocenters. The Morgan fingerprint density at radius 1 is 1.19 bits per heavy atom. The fourth-order valence-corrected chi connectivity index (χ4v) is 3.62. The standard InChI is InChI=1S/C22H25FN4O5/c1-30-17-5-2-15(3-6-17)25-21(28)24-13-18-14-27(22(29)32-18)16-4-7-20(19(23)12-16)26-8-10-31-11-9-26/h2-7,12,18H,8-11,13-14H2,1H3,(H2,24,25,28)/t18-/m0/s1. The normalized spacial score (nSPS) is 18.3. The zero-order valence-corrected chi connectivity index (χ0v) is 17.7. The highest BCUT2D eigenvalue weighted by Gasteiger charge is 2.33. The topological polar surface area (TPSA) is 92.4 Å². The number of anilines is 3. The van der Waals surface area contributed by atoms with Gasteiger partial charge in [0.2, 0.25) is 0 Å². The van der Waals surface area contributed by atoms with Gasteiger partial charge in [-0.1, -0.05) is 0 Å². The molecule has 2 saturated heterocycles. The molecule has 3 amide bonds. The van der Waals surface area contributed by atoms with E-state index in [0.29, 0.717) is 49.1 Å². The van der Waals surface area contributed by atoms with Crippen LogP contribution in [0.5, 0.6) is 5.75 Å². The molecule has 2 aromatic carbocycles. The number of methoxy groups -OCH3 is 1. The number of benzene rings is 2. The lowest BCUT2D eigenvalue weighted by Crippen LogP contribution is -2.37. The number of carbonyl (C=O) groups is 2. The summed E-state index contributed by atoms with van der Waals surface area (Å²) in [5.41, 5.74) is 1.50. The maximum absolute atomic E-state index is 14.7. The van der Waals surface area contributed by atoms with Gasteiger partial charge >= 0.3 is 12.1 Å².